The van der Waals surface area contributed by atoms with Crippen molar-refractivity contribution >= 4 is 5.82 Å². The second kappa shape index (κ2) is 5.65. The lowest BCUT2D eigenvalue weighted by molar-refractivity contribution is -0.0423. The molecule has 0 bridgehead atoms. The number of aliphatic hydroxyl groups excluding tert-OH is 2. The Morgan fingerprint density at radius 3 is 2.78 bits per heavy atom. The Hall–Kier alpha value is -1.17. The summed E-state index contributed by atoms with van der Waals surface area (Å²) in [5.41, 5.74) is 1.69. The monoisotopic (exact) mass is 252 g/mol. The van der Waals surface area contributed by atoms with E-state index in [2.05, 4.69) is 9.88 Å². The second-order valence-electron chi connectivity index (χ2n) is 4.73. The van der Waals surface area contributed by atoms with E-state index in [1.54, 1.807) is 0 Å². The van der Waals surface area contributed by atoms with Crippen molar-refractivity contribution in [1.29, 1.82) is 0 Å². The SMILES string of the molecule is Cc1nc(N2CC(C)OC(CO)C2)ccc1CO. The summed E-state index contributed by atoms with van der Waals surface area (Å²) in [5, 5.41) is 18.3. The van der Waals surface area contributed by atoms with Crippen molar-refractivity contribution in [2.75, 3.05) is 24.6 Å². The van der Waals surface area contributed by atoms with Crippen LogP contribution in [0.4, 0.5) is 5.82 Å². The molecule has 1 aliphatic heterocycles. The minimum Gasteiger partial charge on any atom is -0.394 e. The van der Waals surface area contributed by atoms with E-state index in [0.717, 1.165) is 23.6 Å². The number of aryl methyl sites for hydroxylation is 1. The molecule has 2 atom stereocenters. The quantitative estimate of drug-likeness (QED) is 0.818. The third kappa shape index (κ3) is 2.80. The molecular weight excluding hydrogens is 232 g/mol. The van der Waals surface area contributed by atoms with E-state index in [1.807, 2.05) is 26.0 Å². The maximum absolute atomic E-state index is 9.21. The van der Waals surface area contributed by atoms with Gasteiger partial charge in [-0.25, -0.2) is 4.98 Å². The predicted octanol–water partition coefficient (Wildman–Crippen LogP) is 0.468. The topological polar surface area (TPSA) is 65.8 Å². The summed E-state index contributed by atoms with van der Waals surface area (Å²) in [6, 6.07) is 3.80. The Morgan fingerprint density at radius 1 is 1.39 bits per heavy atom. The molecule has 5 nitrogen and oxygen atoms in total. The summed E-state index contributed by atoms with van der Waals surface area (Å²) in [5.74, 6) is 0.873. The molecule has 18 heavy (non-hydrogen) atoms. The van der Waals surface area contributed by atoms with E-state index in [-0.39, 0.29) is 25.4 Å². The zero-order valence-corrected chi connectivity index (χ0v) is 10.8. The molecule has 1 fully saturated rings. The van der Waals surface area contributed by atoms with Crippen LogP contribution in [-0.4, -0.2) is 47.1 Å². The highest BCUT2D eigenvalue weighted by atomic mass is 16.5. The molecule has 2 N–H and O–H groups in total. The summed E-state index contributed by atoms with van der Waals surface area (Å²) in [6.45, 7) is 5.33. The van der Waals surface area contributed by atoms with E-state index < -0.39 is 0 Å². The van der Waals surface area contributed by atoms with Crippen LogP contribution in [0.2, 0.25) is 0 Å². The molecule has 0 saturated carbocycles. The fraction of sp³-hybridized carbons (Fsp3) is 0.615. The van der Waals surface area contributed by atoms with Gasteiger partial charge in [-0.1, -0.05) is 6.07 Å². The largest absolute Gasteiger partial charge is 0.394 e. The molecule has 2 rings (SSSR count). The van der Waals surface area contributed by atoms with Crippen molar-refractivity contribution in [2.45, 2.75) is 32.7 Å². The van der Waals surface area contributed by atoms with E-state index in [9.17, 15) is 5.11 Å². The van der Waals surface area contributed by atoms with Gasteiger partial charge in [0, 0.05) is 18.8 Å². The van der Waals surface area contributed by atoms with Gasteiger partial charge in [-0.3, -0.25) is 0 Å². The van der Waals surface area contributed by atoms with Crippen LogP contribution in [-0.2, 0) is 11.3 Å². The molecule has 100 valence electrons. The zero-order valence-electron chi connectivity index (χ0n) is 10.8. The number of rotatable bonds is 3. The molecule has 0 amide bonds. The molecule has 0 aliphatic carbocycles. The molecule has 0 radical (unpaired) electrons. The van der Waals surface area contributed by atoms with Gasteiger partial charge in [0.1, 0.15) is 5.82 Å². The number of pyridine rings is 1. The van der Waals surface area contributed by atoms with Gasteiger partial charge in [-0.05, 0) is 25.5 Å². The van der Waals surface area contributed by atoms with Gasteiger partial charge in [-0.2, -0.15) is 0 Å². The van der Waals surface area contributed by atoms with Crippen molar-refractivity contribution in [3.05, 3.63) is 23.4 Å². The normalized spacial score (nSPS) is 24.3. The van der Waals surface area contributed by atoms with Crippen molar-refractivity contribution in [3.8, 4) is 0 Å². The number of hydrogen-bond acceptors (Lipinski definition) is 5. The van der Waals surface area contributed by atoms with Crippen molar-refractivity contribution < 1.29 is 14.9 Å². The highest BCUT2D eigenvalue weighted by molar-refractivity contribution is 5.42. The average molecular weight is 252 g/mol. The summed E-state index contributed by atoms with van der Waals surface area (Å²) in [7, 11) is 0. The molecule has 1 aromatic rings. The van der Waals surface area contributed by atoms with Crippen LogP contribution in [0.3, 0.4) is 0 Å². The lowest BCUT2D eigenvalue weighted by Gasteiger charge is -2.37. The maximum atomic E-state index is 9.21. The Morgan fingerprint density at radius 2 is 2.17 bits per heavy atom. The Balaban J connectivity index is 2.17. The van der Waals surface area contributed by atoms with Crippen LogP contribution in [0.1, 0.15) is 18.2 Å². The highest BCUT2D eigenvalue weighted by Crippen LogP contribution is 2.20. The first-order chi connectivity index (χ1) is 8.63. The minimum absolute atomic E-state index is 0.0118. The number of hydrogen-bond donors (Lipinski definition) is 2. The number of nitrogens with zero attached hydrogens (tertiary/aromatic N) is 2. The molecule has 0 spiro atoms. The van der Waals surface area contributed by atoms with E-state index in [0.29, 0.717) is 6.54 Å². The number of aromatic nitrogens is 1. The Labute approximate surface area is 107 Å². The van der Waals surface area contributed by atoms with Crippen LogP contribution in [0.25, 0.3) is 0 Å². The molecule has 5 heteroatoms. The fourth-order valence-corrected chi connectivity index (χ4v) is 2.25. The third-order valence-electron chi connectivity index (χ3n) is 3.20. The smallest absolute Gasteiger partial charge is 0.128 e. The van der Waals surface area contributed by atoms with Gasteiger partial charge in [0.05, 0.1) is 25.4 Å². The van der Waals surface area contributed by atoms with Crippen molar-refractivity contribution in [3.63, 3.8) is 0 Å². The van der Waals surface area contributed by atoms with E-state index in [1.165, 1.54) is 0 Å². The van der Waals surface area contributed by atoms with Gasteiger partial charge < -0.3 is 19.8 Å². The van der Waals surface area contributed by atoms with Crippen LogP contribution in [0.5, 0.6) is 0 Å². The zero-order chi connectivity index (χ0) is 13.1. The number of ether oxygens (including phenoxy) is 1. The molecule has 1 aliphatic rings. The van der Waals surface area contributed by atoms with Gasteiger partial charge in [0.2, 0.25) is 0 Å². The van der Waals surface area contributed by atoms with Gasteiger partial charge in [-0.15, -0.1) is 0 Å². The number of morpholine rings is 1. The van der Waals surface area contributed by atoms with E-state index >= 15 is 0 Å². The second-order valence-corrected chi connectivity index (χ2v) is 4.73. The Bertz CT molecular complexity index is 411. The van der Waals surface area contributed by atoms with Crippen LogP contribution in [0.15, 0.2) is 12.1 Å². The van der Waals surface area contributed by atoms with Crippen LogP contribution in [0, 0.1) is 6.92 Å². The maximum Gasteiger partial charge on any atom is 0.128 e. The Kier molecular flexibility index (Phi) is 4.16. The average Bonchev–Trinajstić information content (AvgIpc) is 2.37. The first-order valence-corrected chi connectivity index (χ1v) is 6.22. The van der Waals surface area contributed by atoms with E-state index in [4.69, 9.17) is 9.84 Å². The molecule has 2 unspecified atom stereocenters. The van der Waals surface area contributed by atoms with Gasteiger partial charge in [0.15, 0.2) is 0 Å². The van der Waals surface area contributed by atoms with Crippen LogP contribution < -0.4 is 4.90 Å². The number of aliphatic hydroxyl groups is 2. The first kappa shape index (κ1) is 13.3. The summed E-state index contributed by atoms with van der Waals surface area (Å²) in [4.78, 5) is 6.61. The fourth-order valence-electron chi connectivity index (χ4n) is 2.25. The third-order valence-corrected chi connectivity index (χ3v) is 3.20. The molecule has 1 saturated heterocycles. The van der Waals surface area contributed by atoms with Gasteiger partial charge >= 0.3 is 0 Å². The molecular formula is C13H20N2O3. The van der Waals surface area contributed by atoms with Gasteiger partial charge in [0.25, 0.3) is 0 Å². The van der Waals surface area contributed by atoms with Crippen molar-refractivity contribution in [1.82, 2.24) is 4.98 Å². The molecule has 1 aromatic heterocycles. The summed E-state index contributed by atoms with van der Waals surface area (Å²) >= 11 is 0. The lowest BCUT2D eigenvalue weighted by atomic mass is 10.2. The van der Waals surface area contributed by atoms with Crippen LogP contribution >= 0.6 is 0 Å². The summed E-state index contributed by atoms with van der Waals surface area (Å²) in [6.07, 6.45) is -0.0797. The molecule has 0 aromatic carbocycles. The highest BCUT2D eigenvalue weighted by Gasteiger charge is 2.25. The number of anilines is 1. The van der Waals surface area contributed by atoms with Crippen molar-refractivity contribution in [2.24, 2.45) is 0 Å². The summed E-state index contributed by atoms with van der Waals surface area (Å²) < 4.78 is 5.60. The standard InChI is InChI=1S/C13H20N2O3/c1-9-5-15(6-12(8-17)18-9)13-4-3-11(7-16)10(2)14-13/h3-4,9,12,16-17H,5-8H2,1-2H3. The first-order valence-electron chi connectivity index (χ1n) is 6.22. The predicted molar refractivity (Wildman–Crippen MR) is 68.5 cm³/mol. The minimum atomic E-state index is -0.159. The molecule has 2 heterocycles. The lowest BCUT2D eigenvalue weighted by Crippen LogP contribution is -2.48.